The van der Waals surface area contributed by atoms with Crippen LogP contribution < -0.4 is 20.1 Å². The van der Waals surface area contributed by atoms with Gasteiger partial charge in [-0.3, -0.25) is 4.79 Å². The van der Waals surface area contributed by atoms with Gasteiger partial charge in [0, 0.05) is 12.6 Å². The van der Waals surface area contributed by atoms with E-state index in [-0.39, 0.29) is 18.7 Å². The molecule has 0 aromatic heterocycles. The molecule has 114 valence electrons. The molecule has 1 amide bonds. The van der Waals surface area contributed by atoms with Gasteiger partial charge in [0.2, 0.25) is 12.7 Å². The maximum Gasteiger partial charge on any atom is 0.237 e. The van der Waals surface area contributed by atoms with Crippen molar-refractivity contribution < 1.29 is 14.3 Å². The second-order valence-corrected chi connectivity index (χ2v) is 5.78. The van der Waals surface area contributed by atoms with Gasteiger partial charge in [-0.05, 0) is 37.5 Å². The zero-order valence-electron chi connectivity index (χ0n) is 12.4. The average Bonchev–Trinajstić information content (AvgIpc) is 3.14. The lowest BCUT2D eigenvalue weighted by Gasteiger charge is -2.17. The molecular formula is C16H22N2O3. The van der Waals surface area contributed by atoms with Crippen LogP contribution in [0.5, 0.6) is 11.5 Å². The molecule has 21 heavy (non-hydrogen) atoms. The summed E-state index contributed by atoms with van der Waals surface area (Å²) in [6, 6.07) is 6.02. The van der Waals surface area contributed by atoms with Crippen molar-refractivity contribution >= 4 is 5.91 Å². The zero-order valence-corrected chi connectivity index (χ0v) is 12.4. The molecule has 5 heteroatoms. The van der Waals surface area contributed by atoms with Crippen LogP contribution in [0.2, 0.25) is 0 Å². The van der Waals surface area contributed by atoms with E-state index in [1.165, 1.54) is 12.8 Å². The maximum absolute atomic E-state index is 12.1. The van der Waals surface area contributed by atoms with Crippen LogP contribution >= 0.6 is 0 Å². The minimum Gasteiger partial charge on any atom is -0.454 e. The lowest BCUT2D eigenvalue weighted by molar-refractivity contribution is -0.123. The predicted molar refractivity (Wildman–Crippen MR) is 79.3 cm³/mol. The van der Waals surface area contributed by atoms with Crippen molar-refractivity contribution in [2.75, 3.05) is 6.79 Å². The summed E-state index contributed by atoms with van der Waals surface area (Å²) in [6.07, 6.45) is 4.68. The summed E-state index contributed by atoms with van der Waals surface area (Å²) in [5, 5.41) is 6.37. The first-order chi connectivity index (χ1) is 10.2. The number of hydrogen-bond acceptors (Lipinski definition) is 4. The van der Waals surface area contributed by atoms with Gasteiger partial charge in [0.05, 0.1) is 6.04 Å². The molecule has 0 bridgehead atoms. The van der Waals surface area contributed by atoms with Gasteiger partial charge in [0.1, 0.15) is 0 Å². The lowest BCUT2D eigenvalue weighted by Crippen LogP contribution is -2.45. The molecule has 0 radical (unpaired) electrons. The number of nitrogens with one attached hydrogen (secondary N) is 2. The van der Waals surface area contributed by atoms with Gasteiger partial charge in [-0.1, -0.05) is 18.9 Å². The van der Waals surface area contributed by atoms with Gasteiger partial charge in [-0.2, -0.15) is 0 Å². The number of carbonyl (C=O) groups is 1. The summed E-state index contributed by atoms with van der Waals surface area (Å²) in [6.45, 7) is 2.82. The van der Waals surface area contributed by atoms with E-state index in [4.69, 9.17) is 9.47 Å². The Morgan fingerprint density at radius 3 is 2.86 bits per heavy atom. The Hall–Kier alpha value is -1.75. The fraction of sp³-hybridized carbons (Fsp3) is 0.562. The summed E-state index contributed by atoms with van der Waals surface area (Å²) >= 11 is 0. The van der Waals surface area contributed by atoms with E-state index in [2.05, 4.69) is 10.6 Å². The standard InChI is InChI=1S/C16H22N2O3/c1-11(16(19)18-13-4-2-3-5-13)17-9-12-6-7-14-15(8-12)21-10-20-14/h6-8,11,13,17H,2-5,9-10H2,1H3,(H,18,19). The molecule has 0 saturated heterocycles. The van der Waals surface area contributed by atoms with E-state index < -0.39 is 0 Å². The third kappa shape index (κ3) is 3.47. The zero-order chi connectivity index (χ0) is 14.7. The largest absolute Gasteiger partial charge is 0.454 e. The summed E-state index contributed by atoms with van der Waals surface area (Å²) in [5.41, 5.74) is 1.08. The van der Waals surface area contributed by atoms with Crippen molar-refractivity contribution in [1.82, 2.24) is 10.6 Å². The molecule has 1 aliphatic carbocycles. The summed E-state index contributed by atoms with van der Waals surface area (Å²) < 4.78 is 10.6. The van der Waals surface area contributed by atoms with E-state index in [0.717, 1.165) is 29.9 Å². The third-order valence-electron chi connectivity index (χ3n) is 4.14. The predicted octanol–water partition coefficient (Wildman–Crippen LogP) is 1.95. The van der Waals surface area contributed by atoms with Gasteiger partial charge in [0.25, 0.3) is 0 Å². The van der Waals surface area contributed by atoms with Crippen molar-refractivity contribution in [1.29, 1.82) is 0 Å². The normalized spacial score (nSPS) is 18.7. The fourth-order valence-corrected chi connectivity index (χ4v) is 2.81. The smallest absolute Gasteiger partial charge is 0.237 e. The molecule has 1 aromatic carbocycles. The van der Waals surface area contributed by atoms with Crippen molar-refractivity contribution in [3.63, 3.8) is 0 Å². The molecule has 3 rings (SSSR count). The molecule has 1 aromatic rings. The first-order valence-electron chi connectivity index (χ1n) is 7.64. The number of rotatable bonds is 5. The Labute approximate surface area is 125 Å². The summed E-state index contributed by atoms with van der Waals surface area (Å²) in [7, 11) is 0. The lowest BCUT2D eigenvalue weighted by atomic mass is 10.2. The third-order valence-corrected chi connectivity index (χ3v) is 4.14. The topological polar surface area (TPSA) is 59.6 Å². The van der Waals surface area contributed by atoms with E-state index in [1.807, 2.05) is 25.1 Å². The second kappa shape index (κ2) is 6.35. The van der Waals surface area contributed by atoms with Gasteiger partial charge in [-0.25, -0.2) is 0 Å². The van der Waals surface area contributed by atoms with Crippen LogP contribution in [0.4, 0.5) is 0 Å². The molecule has 0 spiro atoms. The van der Waals surface area contributed by atoms with Crippen molar-refractivity contribution in [2.24, 2.45) is 0 Å². The van der Waals surface area contributed by atoms with E-state index in [9.17, 15) is 4.79 Å². The highest BCUT2D eigenvalue weighted by Gasteiger charge is 2.20. The van der Waals surface area contributed by atoms with Crippen molar-refractivity contribution in [3.05, 3.63) is 23.8 Å². The molecule has 5 nitrogen and oxygen atoms in total. The SMILES string of the molecule is CC(NCc1ccc2c(c1)OCO2)C(=O)NC1CCCC1. The molecule has 1 atom stereocenters. The Kier molecular flexibility index (Phi) is 4.29. The van der Waals surface area contributed by atoms with Gasteiger partial charge >= 0.3 is 0 Å². The highest BCUT2D eigenvalue weighted by atomic mass is 16.7. The van der Waals surface area contributed by atoms with Gasteiger partial charge in [0.15, 0.2) is 11.5 Å². The molecule has 1 fully saturated rings. The minimum atomic E-state index is -0.198. The molecule has 1 unspecified atom stereocenters. The maximum atomic E-state index is 12.1. The highest BCUT2D eigenvalue weighted by molar-refractivity contribution is 5.81. The van der Waals surface area contributed by atoms with Crippen molar-refractivity contribution in [2.45, 2.75) is 51.2 Å². The first-order valence-corrected chi connectivity index (χ1v) is 7.64. The molecular weight excluding hydrogens is 268 g/mol. The van der Waals surface area contributed by atoms with E-state index in [1.54, 1.807) is 0 Å². The number of carbonyl (C=O) groups excluding carboxylic acids is 1. The molecule has 1 aliphatic heterocycles. The Balaban J connectivity index is 1.48. The quantitative estimate of drug-likeness (QED) is 0.870. The number of fused-ring (bicyclic) bond motifs is 1. The van der Waals surface area contributed by atoms with Crippen LogP contribution in [0.3, 0.4) is 0 Å². The van der Waals surface area contributed by atoms with Crippen LogP contribution in [-0.4, -0.2) is 24.8 Å². The monoisotopic (exact) mass is 290 g/mol. The van der Waals surface area contributed by atoms with Crippen LogP contribution in [0.1, 0.15) is 38.2 Å². The van der Waals surface area contributed by atoms with Crippen molar-refractivity contribution in [3.8, 4) is 11.5 Å². The molecule has 1 saturated carbocycles. The second-order valence-electron chi connectivity index (χ2n) is 5.78. The molecule has 2 N–H and O–H groups in total. The molecule has 2 aliphatic rings. The molecule has 1 heterocycles. The first kappa shape index (κ1) is 14.2. The van der Waals surface area contributed by atoms with Crippen LogP contribution in [0, 0.1) is 0 Å². The number of hydrogen-bond donors (Lipinski definition) is 2. The van der Waals surface area contributed by atoms with E-state index >= 15 is 0 Å². The summed E-state index contributed by atoms with van der Waals surface area (Å²) in [5.74, 6) is 1.64. The number of ether oxygens (including phenoxy) is 2. The number of benzene rings is 1. The Morgan fingerprint density at radius 1 is 1.29 bits per heavy atom. The van der Waals surface area contributed by atoms with Crippen LogP contribution in [0.25, 0.3) is 0 Å². The highest BCUT2D eigenvalue weighted by Crippen LogP contribution is 2.32. The Morgan fingerprint density at radius 2 is 2.05 bits per heavy atom. The van der Waals surface area contributed by atoms with Gasteiger partial charge in [-0.15, -0.1) is 0 Å². The Bertz CT molecular complexity index is 512. The van der Waals surface area contributed by atoms with Gasteiger partial charge < -0.3 is 20.1 Å². The van der Waals surface area contributed by atoms with Crippen LogP contribution in [-0.2, 0) is 11.3 Å². The van der Waals surface area contributed by atoms with Crippen LogP contribution in [0.15, 0.2) is 18.2 Å². The minimum absolute atomic E-state index is 0.0858. The fourth-order valence-electron chi connectivity index (χ4n) is 2.81. The average molecular weight is 290 g/mol. The summed E-state index contributed by atoms with van der Waals surface area (Å²) in [4.78, 5) is 12.1. The van der Waals surface area contributed by atoms with E-state index in [0.29, 0.717) is 12.6 Å². The number of amides is 1.